The maximum atomic E-state index is 10.9. The van der Waals surface area contributed by atoms with Crippen molar-refractivity contribution in [2.45, 2.75) is 16.2 Å². The highest BCUT2D eigenvalue weighted by Crippen LogP contribution is 2.32. The van der Waals surface area contributed by atoms with Gasteiger partial charge in [-0.2, -0.15) is 9.61 Å². The average Bonchev–Trinajstić information content (AvgIpc) is 3.31. The van der Waals surface area contributed by atoms with Crippen LogP contribution in [0.1, 0.15) is 11.1 Å². The number of hydrogen-bond acceptors (Lipinski definition) is 6. The van der Waals surface area contributed by atoms with E-state index in [9.17, 15) is 5.11 Å². The lowest BCUT2D eigenvalue weighted by Crippen LogP contribution is -1.99. The Hall–Kier alpha value is -3.97. The van der Waals surface area contributed by atoms with Gasteiger partial charge in [-0.1, -0.05) is 42.1 Å². The Morgan fingerprint density at radius 3 is 2.21 bits per heavy atom. The Morgan fingerprint density at radius 2 is 1.53 bits per heavy atom. The SMILES string of the molecule is COc1cc(Cc2cnc3c(-c4ccc(Sc5ccccc5)cc4)cnn3c2O)cc(OC)c1. The highest BCUT2D eigenvalue weighted by Gasteiger charge is 2.15. The Kier molecular flexibility index (Phi) is 6.10. The van der Waals surface area contributed by atoms with Gasteiger partial charge in [-0.05, 0) is 47.5 Å². The van der Waals surface area contributed by atoms with Gasteiger partial charge in [0.15, 0.2) is 5.65 Å². The quantitative estimate of drug-likeness (QED) is 0.322. The van der Waals surface area contributed by atoms with Crippen molar-refractivity contribution in [3.05, 3.63) is 96.3 Å². The maximum Gasteiger partial charge on any atom is 0.219 e. The van der Waals surface area contributed by atoms with Crippen molar-refractivity contribution in [1.29, 1.82) is 0 Å². The highest BCUT2D eigenvalue weighted by atomic mass is 32.2. The van der Waals surface area contributed by atoms with E-state index in [0.717, 1.165) is 21.6 Å². The summed E-state index contributed by atoms with van der Waals surface area (Å²) >= 11 is 1.71. The highest BCUT2D eigenvalue weighted by molar-refractivity contribution is 7.99. The Bertz CT molecular complexity index is 1410. The minimum absolute atomic E-state index is 0.0642. The third kappa shape index (κ3) is 4.43. The van der Waals surface area contributed by atoms with Crippen LogP contribution >= 0.6 is 11.8 Å². The molecule has 0 radical (unpaired) electrons. The molecule has 0 aliphatic rings. The standard InChI is InChI=1S/C27H23N3O3S/c1-32-21-13-18(14-22(15-21)33-2)12-20-16-28-26-25(17-29-30(26)27(20)31)19-8-10-24(11-9-19)34-23-6-4-3-5-7-23/h3-11,13-17,31H,12H2,1-2H3. The summed E-state index contributed by atoms with van der Waals surface area (Å²) < 4.78 is 12.2. The van der Waals surface area contributed by atoms with Crippen LogP contribution < -0.4 is 9.47 Å². The molecule has 0 fully saturated rings. The Labute approximate surface area is 201 Å². The normalized spacial score (nSPS) is 11.0. The zero-order valence-electron chi connectivity index (χ0n) is 18.8. The van der Waals surface area contributed by atoms with E-state index >= 15 is 0 Å². The molecule has 0 aliphatic heterocycles. The first kappa shape index (κ1) is 21.9. The summed E-state index contributed by atoms with van der Waals surface area (Å²) in [5, 5.41) is 15.3. The molecule has 34 heavy (non-hydrogen) atoms. The second-order valence-corrected chi connectivity index (χ2v) is 8.88. The predicted octanol–water partition coefficient (Wildman–Crippen LogP) is 5.86. The summed E-state index contributed by atoms with van der Waals surface area (Å²) in [6, 6.07) is 24.2. The summed E-state index contributed by atoms with van der Waals surface area (Å²) in [4.78, 5) is 6.97. The van der Waals surface area contributed by atoms with Crippen LogP contribution in [0.4, 0.5) is 0 Å². The van der Waals surface area contributed by atoms with Gasteiger partial charge in [0.1, 0.15) is 11.5 Å². The zero-order chi connectivity index (χ0) is 23.5. The Balaban J connectivity index is 1.42. The molecule has 3 aromatic carbocycles. The molecule has 170 valence electrons. The molecule has 5 rings (SSSR count). The minimum atomic E-state index is 0.0642. The van der Waals surface area contributed by atoms with Crippen LogP contribution in [0.25, 0.3) is 16.8 Å². The number of nitrogens with zero attached hydrogens (tertiary/aromatic N) is 3. The number of ether oxygens (including phenoxy) is 2. The number of benzene rings is 3. The number of aromatic nitrogens is 3. The lowest BCUT2D eigenvalue weighted by Gasteiger charge is -2.10. The van der Waals surface area contributed by atoms with Gasteiger partial charge in [-0.3, -0.25) is 0 Å². The van der Waals surface area contributed by atoms with Crippen LogP contribution in [0.3, 0.4) is 0 Å². The van der Waals surface area contributed by atoms with Crippen LogP contribution in [-0.2, 0) is 6.42 Å². The van der Waals surface area contributed by atoms with E-state index in [0.29, 0.717) is 29.1 Å². The van der Waals surface area contributed by atoms with Crippen molar-refractivity contribution in [3.63, 3.8) is 0 Å². The van der Waals surface area contributed by atoms with Gasteiger partial charge in [0.25, 0.3) is 0 Å². The van der Waals surface area contributed by atoms with Gasteiger partial charge in [0.2, 0.25) is 5.88 Å². The van der Waals surface area contributed by atoms with Gasteiger partial charge in [-0.25, -0.2) is 4.98 Å². The van der Waals surface area contributed by atoms with E-state index in [4.69, 9.17) is 9.47 Å². The molecule has 0 aliphatic carbocycles. The van der Waals surface area contributed by atoms with Gasteiger partial charge < -0.3 is 14.6 Å². The molecule has 1 N–H and O–H groups in total. The van der Waals surface area contributed by atoms with E-state index in [1.807, 2.05) is 36.4 Å². The lowest BCUT2D eigenvalue weighted by molar-refractivity contribution is 0.393. The summed E-state index contributed by atoms with van der Waals surface area (Å²) in [5.41, 5.74) is 4.05. The molecule has 6 nitrogen and oxygen atoms in total. The molecule has 5 aromatic rings. The fraction of sp³-hybridized carbons (Fsp3) is 0.111. The molecule has 0 bridgehead atoms. The van der Waals surface area contributed by atoms with E-state index in [1.165, 1.54) is 9.41 Å². The monoisotopic (exact) mass is 469 g/mol. The average molecular weight is 470 g/mol. The van der Waals surface area contributed by atoms with Gasteiger partial charge in [-0.15, -0.1) is 0 Å². The van der Waals surface area contributed by atoms with Crippen molar-refractivity contribution >= 4 is 17.4 Å². The molecule has 0 amide bonds. The zero-order valence-corrected chi connectivity index (χ0v) is 19.6. The fourth-order valence-electron chi connectivity index (χ4n) is 3.80. The minimum Gasteiger partial charge on any atom is -0.497 e. The first-order chi connectivity index (χ1) is 16.6. The van der Waals surface area contributed by atoms with Crippen molar-refractivity contribution in [2.75, 3.05) is 14.2 Å². The smallest absolute Gasteiger partial charge is 0.219 e. The van der Waals surface area contributed by atoms with Gasteiger partial charge in [0, 0.05) is 39.6 Å². The van der Waals surface area contributed by atoms with E-state index in [2.05, 4.69) is 46.5 Å². The topological polar surface area (TPSA) is 68.9 Å². The summed E-state index contributed by atoms with van der Waals surface area (Å²) in [6.45, 7) is 0. The summed E-state index contributed by atoms with van der Waals surface area (Å²) in [7, 11) is 3.23. The molecular formula is C27H23N3O3S. The molecule has 0 unspecified atom stereocenters. The van der Waals surface area contributed by atoms with Crippen LogP contribution in [0.5, 0.6) is 17.4 Å². The van der Waals surface area contributed by atoms with E-state index < -0.39 is 0 Å². The predicted molar refractivity (Wildman–Crippen MR) is 133 cm³/mol. The fourth-order valence-corrected chi connectivity index (χ4v) is 4.64. The Morgan fingerprint density at radius 1 is 0.853 bits per heavy atom. The molecule has 7 heteroatoms. The third-order valence-corrected chi connectivity index (χ3v) is 6.54. The van der Waals surface area contributed by atoms with Crippen molar-refractivity contribution in [2.24, 2.45) is 0 Å². The number of rotatable bonds is 7. The molecule has 2 aromatic heterocycles. The molecule has 0 saturated carbocycles. The van der Waals surface area contributed by atoms with Crippen molar-refractivity contribution in [1.82, 2.24) is 14.6 Å². The first-order valence-electron chi connectivity index (χ1n) is 10.7. The van der Waals surface area contributed by atoms with Gasteiger partial charge >= 0.3 is 0 Å². The van der Waals surface area contributed by atoms with E-state index in [1.54, 1.807) is 38.4 Å². The van der Waals surface area contributed by atoms with Gasteiger partial charge in [0.05, 0.1) is 20.4 Å². The lowest BCUT2D eigenvalue weighted by atomic mass is 10.1. The largest absolute Gasteiger partial charge is 0.497 e. The van der Waals surface area contributed by atoms with Crippen LogP contribution in [0.2, 0.25) is 0 Å². The third-order valence-electron chi connectivity index (χ3n) is 5.52. The van der Waals surface area contributed by atoms with Crippen LogP contribution in [0.15, 0.2) is 95.0 Å². The van der Waals surface area contributed by atoms with Crippen molar-refractivity contribution in [3.8, 4) is 28.5 Å². The second-order valence-electron chi connectivity index (χ2n) is 7.74. The molecular weight excluding hydrogens is 446 g/mol. The van der Waals surface area contributed by atoms with E-state index in [-0.39, 0.29) is 5.88 Å². The number of hydrogen-bond donors (Lipinski definition) is 1. The van der Waals surface area contributed by atoms with Crippen LogP contribution in [0, 0.1) is 0 Å². The second kappa shape index (κ2) is 9.49. The first-order valence-corrected chi connectivity index (χ1v) is 11.6. The summed E-state index contributed by atoms with van der Waals surface area (Å²) in [5.74, 6) is 1.45. The molecule has 0 spiro atoms. The molecule has 0 atom stereocenters. The number of methoxy groups -OCH3 is 2. The maximum absolute atomic E-state index is 10.9. The molecule has 0 saturated heterocycles. The van der Waals surface area contributed by atoms with Crippen LogP contribution in [-0.4, -0.2) is 33.9 Å². The van der Waals surface area contributed by atoms with Crippen molar-refractivity contribution < 1.29 is 14.6 Å². The molecule has 2 heterocycles. The number of fused-ring (bicyclic) bond motifs is 1. The summed E-state index contributed by atoms with van der Waals surface area (Å²) in [6.07, 6.45) is 3.89. The number of aromatic hydroxyl groups is 1.